The van der Waals surface area contributed by atoms with Gasteiger partial charge >= 0.3 is 0 Å². The van der Waals surface area contributed by atoms with Crippen LogP contribution >= 0.6 is 0 Å². The summed E-state index contributed by atoms with van der Waals surface area (Å²) in [7, 11) is 1.61. The highest BCUT2D eigenvalue weighted by atomic mass is 16.5. The fourth-order valence-corrected chi connectivity index (χ4v) is 3.38. The van der Waals surface area contributed by atoms with E-state index in [0.717, 1.165) is 36.6 Å². The summed E-state index contributed by atoms with van der Waals surface area (Å²) in [5.74, 6) is 3.27. The predicted octanol–water partition coefficient (Wildman–Crippen LogP) is 3.17. The van der Waals surface area contributed by atoms with Crippen LogP contribution in [0.25, 0.3) is 6.08 Å². The molecule has 0 aliphatic carbocycles. The SMILES string of the molecule is CCCOc1ccc(/C=C/C(=O)NCCc2nnc3n2CCCCC3)cc1OC. The molecule has 1 amide bonds. The Balaban J connectivity index is 1.50. The van der Waals surface area contributed by atoms with Crippen LogP contribution < -0.4 is 14.8 Å². The second-order valence-electron chi connectivity index (χ2n) is 7.13. The third-order valence-corrected chi connectivity index (χ3v) is 4.91. The molecular weight excluding hydrogens is 368 g/mol. The van der Waals surface area contributed by atoms with Crippen molar-refractivity contribution in [1.29, 1.82) is 0 Å². The second-order valence-corrected chi connectivity index (χ2v) is 7.13. The van der Waals surface area contributed by atoms with Gasteiger partial charge in [0.25, 0.3) is 0 Å². The van der Waals surface area contributed by atoms with Crippen LogP contribution in [0.15, 0.2) is 24.3 Å². The van der Waals surface area contributed by atoms with Gasteiger partial charge in [-0.15, -0.1) is 10.2 Å². The molecule has 0 fully saturated rings. The van der Waals surface area contributed by atoms with Crippen LogP contribution in [0.1, 0.15) is 49.8 Å². The number of nitrogens with zero attached hydrogens (tertiary/aromatic N) is 3. The third kappa shape index (κ3) is 5.82. The van der Waals surface area contributed by atoms with Crippen LogP contribution in [-0.4, -0.2) is 40.9 Å². The highest BCUT2D eigenvalue weighted by molar-refractivity contribution is 5.91. The summed E-state index contributed by atoms with van der Waals surface area (Å²) in [4.78, 5) is 12.2. The van der Waals surface area contributed by atoms with E-state index >= 15 is 0 Å². The fourth-order valence-electron chi connectivity index (χ4n) is 3.38. The quantitative estimate of drug-likeness (QED) is 0.657. The first kappa shape index (κ1) is 20.9. The summed E-state index contributed by atoms with van der Waals surface area (Å²) in [6.07, 6.45) is 9.49. The van der Waals surface area contributed by atoms with Crippen molar-refractivity contribution in [1.82, 2.24) is 20.1 Å². The van der Waals surface area contributed by atoms with E-state index < -0.39 is 0 Å². The number of aryl methyl sites for hydroxylation is 1. The zero-order valence-corrected chi connectivity index (χ0v) is 17.3. The number of rotatable bonds is 9. The molecule has 1 aliphatic heterocycles. The van der Waals surface area contributed by atoms with E-state index in [2.05, 4.69) is 27.0 Å². The monoisotopic (exact) mass is 398 g/mol. The number of carbonyl (C=O) groups is 1. The standard InChI is InChI=1S/C22H30N4O3/c1-3-15-29-18-10-8-17(16-19(18)28-2)9-11-22(27)23-13-12-21-25-24-20-7-5-4-6-14-26(20)21/h8-11,16H,3-7,12-15H2,1-2H3,(H,23,27)/b11-9+. The minimum atomic E-state index is -0.133. The van der Waals surface area contributed by atoms with Gasteiger partial charge in [-0.3, -0.25) is 4.79 Å². The van der Waals surface area contributed by atoms with Crippen molar-refractivity contribution in [3.63, 3.8) is 0 Å². The number of nitrogens with one attached hydrogen (secondary N) is 1. The zero-order chi connectivity index (χ0) is 20.5. The number of aromatic nitrogens is 3. The van der Waals surface area contributed by atoms with Gasteiger partial charge in [0.2, 0.25) is 5.91 Å². The Morgan fingerprint density at radius 1 is 1.24 bits per heavy atom. The Morgan fingerprint density at radius 2 is 2.14 bits per heavy atom. The molecule has 156 valence electrons. The maximum atomic E-state index is 12.2. The molecule has 0 bridgehead atoms. The van der Waals surface area contributed by atoms with Gasteiger partial charge < -0.3 is 19.4 Å². The van der Waals surface area contributed by atoms with Gasteiger partial charge in [-0.25, -0.2) is 0 Å². The lowest BCUT2D eigenvalue weighted by atomic mass is 10.2. The number of methoxy groups -OCH3 is 1. The lowest BCUT2D eigenvalue weighted by molar-refractivity contribution is -0.116. The van der Waals surface area contributed by atoms with E-state index in [9.17, 15) is 4.79 Å². The molecule has 0 saturated heterocycles. The van der Waals surface area contributed by atoms with Crippen molar-refractivity contribution in [2.45, 2.75) is 52.0 Å². The summed E-state index contributed by atoms with van der Waals surface area (Å²) in [6.45, 7) is 4.21. The van der Waals surface area contributed by atoms with Crippen molar-refractivity contribution in [3.8, 4) is 11.5 Å². The third-order valence-electron chi connectivity index (χ3n) is 4.91. The van der Waals surface area contributed by atoms with Gasteiger partial charge in [-0.2, -0.15) is 0 Å². The number of amides is 1. The molecule has 1 aliphatic rings. The average molecular weight is 399 g/mol. The molecule has 1 aromatic heterocycles. The minimum Gasteiger partial charge on any atom is -0.493 e. The maximum Gasteiger partial charge on any atom is 0.244 e. The molecule has 0 atom stereocenters. The molecule has 2 heterocycles. The molecule has 0 spiro atoms. The van der Waals surface area contributed by atoms with Crippen LogP contribution in [0.4, 0.5) is 0 Å². The van der Waals surface area contributed by atoms with Crippen molar-refractivity contribution < 1.29 is 14.3 Å². The van der Waals surface area contributed by atoms with Gasteiger partial charge in [0.15, 0.2) is 11.5 Å². The van der Waals surface area contributed by atoms with Crippen LogP contribution in [0.5, 0.6) is 11.5 Å². The fraction of sp³-hybridized carbons (Fsp3) is 0.500. The minimum absolute atomic E-state index is 0.133. The topological polar surface area (TPSA) is 78.3 Å². The normalized spacial score (nSPS) is 13.7. The summed E-state index contributed by atoms with van der Waals surface area (Å²) in [6, 6.07) is 5.63. The van der Waals surface area contributed by atoms with Gasteiger partial charge in [0, 0.05) is 32.0 Å². The molecule has 1 N–H and O–H groups in total. The Labute approximate surface area is 172 Å². The van der Waals surface area contributed by atoms with Gasteiger partial charge in [-0.1, -0.05) is 19.4 Å². The van der Waals surface area contributed by atoms with Crippen molar-refractivity contribution in [2.24, 2.45) is 0 Å². The largest absolute Gasteiger partial charge is 0.493 e. The first-order chi connectivity index (χ1) is 14.2. The molecule has 3 rings (SSSR count). The molecule has 0 unspecified atom stereocenters. The number of carbonyl (C=O) groups excluding carboxylic acids is 1. The van der Waals surface area contributed by atoms with Crippen LogP contribution in [0.2, 0.25) is 0 Å². The molecule has 2 aromatic rings. The van der Waals surface area contributed by atoms with Crippen molar-refractivity contribution >= 4 is 12.0 Å². The highest BCUT2D eigenvalue weighted by Gasteiger charge is 2.14. The van der Waals surface area contributed by atoms with E-state index in [4.69, 9.17) is 9.47 Å². The Morgan fingerprint density at radius 3 is 2.97 bits per heavy atom. The summed E-state index contributed by atoms with van der Waals surface area (Å²) in [5.41, 5.74) is 0.878. The van der Waals surface area contributed by atoms with Gasteiger partial charge in [-0.05, 0) is 43.0 Å². The summed E-state index contributed by atoms with van der Waals surface area (Å²) in [5, 5.41) is 11.5. The van der Waals surface area contributed by atoms with Crippen LogP contribution in [-0.2, 0) is 24.2 Å². The molecule has 1 aromatic carbocycles. The average Bonchev–Trinajstić information content (AvgIpc) is 2.96. The highest BCUT2D eigenvalue weighted by Crippen LogP contribution is 2.28. The lowest BCUT2D eigenvalue weighted by Gasteiger charge is -2.10. The Bertz CT molecular complexity index is 845. The number of hydrogen-bond acceptors (Lipinski definition) is 5. The molecule has 0 radical (unpaired) electrons. The second kappa shape index (κ2) is 10.6. The number of benzene rings is 1. The molecule has 0 saturated carbocycles. The van der Waals surface area contributed by atoms with E-state index in [0.29, 0.717) is 31.1 Å². The van der Waals surface area contributed by atoms with E-state index in [1.165, 1.54) is 25.3 Å². The lowest BCUT2D eigenvalue weighted by Crippen LogP contribution is -2.24. The van der Waals surface area contributed by atoms with Gasteiger partial charge in [0.05, 0.1) is 13.7 Å². The molecular formula is C22H30N4O3. The molecule has 7 nitrogen and oxygen atoms in total. The molecule has 29 heavy (non-hydrogen) atoms. The number of hydrogen-bond donors (Lipinski definition) is 1. The van der Waals surface area contributed by atoms with Gasteiger partial charge in [0.1, 0.15) is 11.6 Å². The Kier molecular flexibility index (Phi) is 7.67. The first-order valence-corrected chi connectivity index (χ1v) is 10.4. The van der Waals surface area contributed by atoms with Crippen LogP contribution in [0.3, 0.4) is 0 Å². The van der Waals surface area contributed by atoms with E-state index in [1.54, 1.807) is 13.2 Å². The Hall–Kier alpha value is -2.83. The number of fused-ring (bicyclic) bond motifs is 1. The van der Waals surface area contributed by atoms with Crippen molar-refractivity contribution in [2.75, 3.05) is 20.3 Å². The number of ether oxygens (including phenoxy) is 2. The first-order valence-electron chi connectivity index (χ1n) is 10.4. The van der Waals surface area contributed by atoms with Crippen LogP contribution in [0, 0.1) is 0 Å². The van der Waals surface area contributed by atoms with E-state index in [-0.39, 0.29) is 5.91 Å². The maximum absolute atomic E-state index is 12.2. The summed E-state index contributed by atoms with van der Waals surface area (Å²) < 4.78 is 13.2. The van der Waals surface area contributed by atoms with E-state index in [1.807, 2.05) is 18.2 Å². The smallest absolute Gasteiger partial charge is 0.244 e. The summed E-state index contributed by atoms with van der Waals surface area (Å²) >= 11 is 0. The van der Waals surface area contributed by atoms with Crippen molar-refractivity contribution in [3.05, 3.63) is 41.5 Å². The molecule has 7 heteroatoms. The predicted molar refractivity (Wildman–Crippen MR) is 112 cm³/mol. The zero-order valence-electron chi connectivity index (χ0n) is 17.3.